The van der Waals surface area contributed by atoms with Crippen molar-refractivity contribution in [2.75, 3.05) is 37.7 Å². The molecule has 3 atom stereocenters. The van der Waals surface area contributed by atoms with E-state index in [0.29, 0.717) is 46.5 Å². The number of hydrogen-bond donors (Lipinski definition) is 1. The number of aromatic nitrogens is 2. The van der Waals surface area contributed by atoms with Crippen LogP contribution in [0.25, 0.3) is 32.8 Å². The van der Waals surface area contributed by atoms with Gasteiger partial charge in [0.1, 0.15) is 11.3 Å². The second kappa shape index (κ2) is 10.8. The van der Waals surface area contributed by atoms with Gasteiger partial charge in [-0.2, -0.15) is 9.97 Å². The second-order valence-electron chi connectivity index (χ2n) is 11.6. The Morgan fingerprint density at radius 2 is 1.82 bits per heavy atom. The Kier molecular flexibility index (Phi) is 6.98. The van der Waals surface area contributed by atoms with Crippen LogP contribution in [0.3, 0.4) is 0 Å². The van der Waals surface area contributed by atoms with Crippen LogP contribution in [0.1, 0.15) is 39.0 Å². The highest BCUT2D eigenvalue weighted by molar-refractivity contribution is 6.35. The van der Waals surface area contributed by atoms with Crippen LogP contribution in [-0.2, 0) is 0 Å². The van der Waals surface area contributed by atoms with E-state index < -0.39 is 5.82 Å². The lowest BCUT2D eigenvalue weighted by atomic mass is 9.96. The molecule has 3 aliphatic heterocycles. The predicted molar refractivity (Wildman–Crippen MR) is 160 cm³/mol. The second-order valence-corrected chi connectivity index (χ2v) is 12.0. The number of hydrogen-bond acceptors (Lipinski definition) is 6. The molecule has 208 valence electrons. The Morgan fingerprint density at radius 1 is 1.02 bits per heavy atom. The topological polar surface area (TPSA) is 53.5 Å². The van der Waals surface area contributed by atoms with Gasteiger partial charge < -0.3 is 19.9 Å². The van der Waals surface area contributed by atoms with Gasteiger partial charge in [0.2, 0.25) is 0 Å². The third-order valence-corrected chi connectivity index (χ3v) is 9.23. The van der Waals surface area contributed by atoms with Crippen LogP contribution in [0.15, 0.2) is 48.5 Å². The smallest absolute Gasteiger partial charge is 0.319 e. The number of benzene rings is 3. The van der Waals surface area contributed by atoms with E-state index in [2.05, 4.69) is 27.0 Å². The van der Waals surface area contributed by atoms with Crippen molar-refractivity contribution < 1.29 is 9.13 Å². The highest BCUT2D eigenvalue weighted by Crippen LogP contribution is 2.41. The average Bonchev–Trinajstić information content (AvgIpc) is 3.54. The number of ether oxygens (including phenoxy) is 1. The Labute approximate surface area is 239 Å². The maximum absolute atomic E-state index is 16.6. The summed E-state index contributed by atoms with van der Waals surface area (Å²) in [5, 5.41) is 6.65. The van der Waals surface area contributed by atoms with Crippen molar-refractivity contribution in [1.29, 1.82) is 0 Å². The van der Waals surface area contributed by atoms with Crippen molar-refractivity contribution in [1.82, 2.24) is 20.2 Å². The van der Waals surface area contributed by atoms with Crippen molar-refractivity contribution in [3.05, 3.63) is 59.4 Å². The lowest BCUT2D eigenvalue weighted by Gasteiger charge is -2.34. The van der Waals surface area contributed by atoms with Gasteiger partial charge in [-0.1, -0.05) is 54.1 Å². The summed E-state index contributed by atoms with van der Waals surface area (Å²) in [6, 6.07) is 17.4. The number of piperazine rings is 1. The summed E-state index contributed by atoms with van der Waals surface area (Å²) in [5.74, 6) is 0.271. The number of likely N-dealkylation sites (tertiary alicyclic amines) is 1. The maximum Gasteiger partial charge on any atom is 0.319 e. The fourth-order valence-electron chi connectivity index (χ4n) is 6.88. The van der Waals surface area contributed by atoms with Gasteiger partial charge in [-0.3, -0.25) is 0 Å². The van der Waals surface area contributed by atoms with Gasteiger partial charge in [0.05, 0.1) is 11.6 Å². The van der Waals surface area contributed by atoms with E-state index in [-0.39, 0.29) is 11.5 Å². The van der Waals surface area contributed by atoms with Gasteiger partial charge in [-0.05, 0) is 68.0 Å². The van der Waals surface area contributed by atoms with Crippen molar-refractivity contribution >= 4 is 39.1 Å². The fourth-order valence-corrected chi connectivity index (χ4v) is 7.18. The standard InChI is InChI=1S/C32H35ClFN5O/c1-20-7-5-14-38(20)15-6-16-40-32-36-30-26(31(37-32)39-18-22-12-13-23(19-39)35-22)17-27(33)28(29(30)34)25-11-4-9-21-8-2-3-10-24(21)25/h2-4,8-11,17,20,22-23,35H,5-7,12-16,18-19H2,1H3/t20-,22-,23+/m0/s1. The monoisotopic (exact) mass is 559 g/mol. The average molecular weight is 560 g/mol. The minimum Gasteiger partial charge on any atom is -0.463 e. The first-order chi connectivity index (χ1) is 19.5. The quantitative estimate of drug-likeness (QED) is 0.263. The van der Waals surface area contributed by atoms with Crippen LogP contribution >= 0.6 is 11.6 Å². The van der Waals surface area contributed by atoms with Crippen molar-refractivity contribution in [3.63, 3.8) is 0 Å². The van der Waals surface area contributed by atoms with Crippen LogP contribution in [0.5, 0.6) is 6.01 Å². The molecule has 40 heavy (non-hydrogen) atoms. The minimum atomic E-state index is -0.434. The number of rotatable bonds is 7. The van der Waals surface area contributed by atoms with Gasteiger partial charge in [-0.15, -0.1) is 0 Å². The van der Waals surface area contributed by atoms with E-state index in [4.69, 9.17) is 21.3 Å². The molecule has 2 bridgehead atoms. The Hall–Kier alpha value is -3.00. The molecule has 0 amide bonds. The van der Waals surface area contributed by atoms with E-state index in [1.807, 2.05) is 48.5 Å². The van der Waals surface area contributed by atoms with Gasteiger partial charge in [0.25, 0.3) is 0 Å². The number of fused-ring (bicyclic) bond motifs is 4. The summed E-state index contributed by atoms with van der Waals surface area (Å²) in [6.07, 6.45) is 5.67. The highest BCUT2D eigenvalue weighted by atomic mass is 35.5. The Morgan fingerprint density at radius 3 is 2.62 bits per heavy atom. The molecule has 0 aliphatic carbocycles. The molecule has 3 saturated heterocycles. The Bertz CT molecular complexity index is 1550. The first-order valence-corrected chi connectivity index (χ1v) is 15.0. The summed E-state index contributed by atoms with van der Waals surface area (Å²) in [7, 11) is 0. The van der Waals surface area contributed by atoms with E-state index in [1.165, 1.54) is 12.8 Å². The number of anilines is 1. The minimum absolute atomic E-state index is 0.230. The van der Waals surface area contributed by atoms with Crippen LogP contribution in [0.4, 0.5) is 10.2 Å². The molecule has 1 N–H and O–H groups in total. The molecule has 3 fully saturated rings. The lowest BCUT2D eigenvalue weighted by Crippen LogP contribution is -2.51. The SMILES string of the molecule is C[C@H]1CCCN1CCCOc1nc(N2C[C@H]3CC[C@@H](C2)N3)c2cc(Cl)c(-c3cccc4ccccc34)c(F)c2n1. The highest BCUT2D eigenvalue weighted by Gasteiger charge is 2.34. The van der Waals surface area contributed by atoms with Crippen molar-refractivity contribution in [2.24, 2.45) is 0 Å². The molecule has 8 heteroatoms. The molecule has 3 aromatic carbocycles. The van der Waals surface area contributed by atoms with Crippen LogP contribution < -0.4 is 15.0 Å². The molecular formula is C32H35ClFN5O. The lowest BCUT2D eigenvalue weighted by molar-refractivity contribution is 0.223. The molecule has 0 saturated carbocycles. The molecule has 0 spiro atoms. The normalized spacial score (nSPS) is 23.0. The first kappa shape index (κ1) is 25.9. The van der Waals surface area contributed by atoms with Gasteiger partial charge >= 0.3 is 6.01 Å². The molecule has 4 heterocycles. The van der Waals surface area contributed by atoms with Crippen LogP contribution in [-0.4, -0.2) is 65.8 Å². The third-order valence-electron chi connectivity index (χ3n) is 8.93. The van der Waals surface area contributed by atoms with Crippen LogP contribution in [0, 0.1) is 5.82 Å². The summed E-state index contributed by atoms with van der Waals surface area (Å²) in [5.41, 5.74) is 1.38. The molecule has 0 radical (unpaired) electrons. The largest absolute Gasteiger partial charge is 0.463 e. The third kappa shape index (κ3) is 4.78. The predicted octanol–water partition coefficient (Wildman–Crippen LogP) is 6.44. The van der Waals surface area contributed by atoms with Gasteiger partial charge in [-0.25, -0.2) is 4.39 Å². The molecule has 7 rings (SSSR count). The van der Waals surface area contributed by atoms with E-state index in [1.54, 1.807) is 0 Å². The molecule has 4 aromatic rings. The summed E-state index contributed by atoms with van der Waals surface area (Å²) in [4.78, 5) is 14.3. The first-order valence-electron chi connectivity index (χ1n) is 14.6. The zero-order valence-corrected chi connectivity index (χ0v) is 23.6. The number of halogens is 2. The zero-order chi connectivity index (χ0) is 27.2. The van der Waals surface area contributed by atoms with E-state index in [0.717, 1.165) is 61.8 Å². The van der Waals surface area contributed by atoms with Gasteiger partial charge in [0.15, 0.2) is 5.82 Å². The van der Waals surface area contributed by atoms with E-state index >= 15 is 4.39 Å². The Balaban J connectivity index is 1.29. The zero-order valence-electron chi connectivity index (χ0n) is 22.9. The fraction of sp³-hybridized carbons (Fsp3) is 0.438. The van der Waals surface area contributed by atoms with Crippen LogP contribution in [0.2, 0.25) is 5.02 Å². The van der Waals surface area contributed by atoms with Crippen molar-refractivity contribution in [2.45, 2.75) is 57.2 Å². The molecular weight excluding hydrogens is 525 g/mol. The maximum atomic E-state index is 16.6. The molecule has 6 nitrogen and oxygen atoms in total. The summed E-state index contributed by atoms with van der Waals surface area (Å²) < 4.78 is 22.7. The van der Waals surface area contributed by atoms with Crippen molar-refractivity contribution in [3.8, 4) is 17.1 Å². The van der Waals surface area contributed by atoms with Gasteiger partial charge in [0, 0.05) is 48.7 Å². The summed E-state index contributed by atoms with van der Waals surface area (Å²) in [6.45, 7) is 6.55. The van der Waals surface area contributed by atoms with E-state index in [9.17, 15) is 0 Å². The number of nitrogens with zero attached hydrogens (tertiary/aromatic N) is 4. The molecule has 3 aliphatic rings. The number of nitrogens with one attached hydrogen (secondary N) is 1. The molecule has 1 aromatic heterocycles. The molecule has 0 unspecified atom stereocenters. The summed E-state index contributed by atoms with van der Waals surface area (Å²) >= 11 is 6.88.